The van der Waals surface area contributed by atoms with E-state index < -0.39 is 6.10 Å². The van der Waals surface area contributed by atoms with Gasteiger partial charge in [0.2, 0.25) is 5.91 Å². The van der Waals surface area contributed by atoms with Gasteiger partial charge < -0.3 is 14.7 Å². The van der Waals surface area contributed by atoms with Crippen molar-refractivity contribution in [3.8, 4) is 11.8 Å². The number of hydrogen-bond donors (Lipinski definition) is 1. The van der Waals surface area contributed by atoms with Crippen molar-refractivity contribution in [3.63, 3.8) is 0 Å². The summed E-state index contributed by atoms with van der Waals surface area (Å²) in [5.41, 5.74) is 0.975. The number of rotatable bonds is 11. The summed E-state index contributed by atoms with van der Waals surface area (Å²) in [6.07, 6.45) is 6.36. The van der Waals surface area contributed by atoms with Gasteiger partial charge in [-0.25, -0.2) is 0 Å². The normalized spacial score (nSPS) is 18.0. The fourth-order valence-corrected chi connectivity index (χ4v) is 4.20. The Morgan fingerprint density at radius 2 is 2.13 bits per heavy atom. The maximum absolute atomic E-state index is 12.2. The minimum atomic E-state index is -0.588. The van der Waals surface area contributed by atoms with Crippen LogP contribution in [0, 0.1) is 17.8 Å². The summed E-state index contributed by atoms with van der Waals surface area (Å²) in [5, 5.41) is 10.5. The molecule has 168 valence electrons. The molecule has 1 aliphatic heterocycles. The van der Waals surface area contributed by atoms with E-state index in [4.69, 9.17) is 0 Å². The van der Waals surface area contributed by atoms with Gasteiger partial charge in [-0.2, -0.15) is 11.8 Å². The number of thioether (sulfide) groups is 1. The van der Waals surface area contributed by atoms with Crippen LogP contribution in [0.4, 0.5) is 0 Å². The van der Waals surface area contributed by atoms with Crippen molar-refractivity contribution in [2.45, 2.75) is 51.2 Å². The number of likely N-dealkylation sites (tertiary alicyclic amines) is 1. The number of carbonyl (C=O) groups is 2. The van der Waals surface area contributed by atoms with Gasteiger partial charge in [-0.05, 0) is 36.6 Å². The van der Waals surface area contributed by atoms with Crippen LogP contribution in [-0.4, -0.2) is 59.2 Å². The predicted molar refractivity (Wildman–Crippen MR) is 126 cm³/mol. The van der Waals surface area contributed by atoms with Crippen molar-refractivity contribution in [1.29, 1.82) is 0 Å². The number of hydrogen-bond acceptors (Lipinski definition) is 5. The molecule has 0 aliphatic carbocycles. The third-order valence-corrected chi connectivity index (χ3v) is 6.34. The van der Waals surface area contributed by atoms with Crippen LogP contribution in [0.3, 0.4) is 0 Å². The van der Waals surface area contributed by atoms with Gasteiger partial charge >= 0.3 is 5.97 Å². The summed E-state index contributed by atoms with van der Waals surface area (Å²) in [5.74, 6) is 7.98. The molecule has 0 unspecified atom stereocenters. The average Bonchev–Trinajstić information content (AvgIpc) is 3.14. The first-order valence-corrected chi connectivity index (χ1v) is 12.0. The van der Waals surface area contributed by atoms with Gasteiger partial charge in [0.1, 0.15) is 0 Å². The molecule has 1 aromatic carbocycles. The molecule has 6 heteroatoms. The molecule has 0 spiro atoms. The summed E-state index contributed by atoms with van der Waals surface area (Å²) >= 11 is 1.74. The van der Waals surface area contributed by atoms with E-state index in [1.54, 1.807) is 11.8 Å². The molecule has 2 rings (SSSR count). The Kier molecular flexibility index (Phi) is 11.3. The first-order valence-electron chi connectivity index (χ1n) is 10.9. The van der Waals surface area contributed by atoms with E-state index in [0.717, 1.165) is 29.9 Å². The van der Waals surface area contributed by atoms with Crippen LogP contribution >= 0.6 is 11.8 Å². The minimum absolute atomic E-state index is 0.0170. The predicted octanol–water partition coefficient (Wildman–Crippen LogP) is 3.66. The van der Waals surface area contributed by atoms with Crippen LogP contribution in [0.2, 0.25) is 0 Å². The fourth-order valence-electron chi connectivity index (χ4n) is 3.32. The smallest absolute Gasteiger partial charge is 0.305 e. The number of methoxy groups -OCH3 is 1. The molecule has 0 radical (unpaired) electrons. The van der Waals surface area contributed by atoms with Crippen LogP contribution in [0.15, 0.2) is 42.5 Å². The molecular formula is C25H33NO4S. The van der Waals surface area contributed by atoms with E-state index in [0.29, 0.717) is 25.8 Å². The molecule has 1 heterocycles. The monoisotopic (exact) mass is 443 g/mol. The summed E-state index contributed by atoms with van der Waals surface area (Å²) in [6.45, 7) is 2.67. The number of carbonyl (C=O) groups excluding carboxylic acids is 2. The summed E-state index contributed by atoms with van der Waals surface area (Å²) in [4.78, 5) is 25.2. The van der Waals surface area contributed by atoms with Crippen molar-refractivity contribution in [2.24, 2.45) is 5.92 Å². The standard InChI is InChI=1S/C25H33NO4S/c1-20(8-6-11-21-9-4-3-5-10-21)23(27)15-13-22-14-16-24(28)26(22)17-19-31-18-7-12-25(29)30-2/h3-5,9-10,13,15,20,22-23,27H,7-8,12,14,16-19H2,1-2H3/t20-,22-,23+/m0/s1. The Morgan fingerprint density at radius 3 is 2.87 bits per heavy atom. The first kappa shape index (κ1) is 25.0. The van der Waals surface area contributed by atoms with Crippen LogP contribution in [0.1, 0.15) is 44.6 Å². The zero-order valence-corrected chi connectivity index (χ0v) is 19.3. The number of ether oxygens (including phenoxy) is 1. The van der Waals surface area contributed by atoms with Crippen LogP contribution in [0.5, 0.6) is 0 Å². The lowest BCUT2D eigenvalue weighted by Gasteiger charge is -2.23. The lowest BCUT2D eigenvalue weighted by Crippen LogP contribution is -2.34. The van der Waals surface area contributed by atoms with Crippen molar-refractivity contribution in [3.05, 3.63) is 48.0 Å². The van der Waals surface area contributed by atoms with Gasteiger partial charge in [-0.1, -0.05) is 49.1 Å². The third-order valence-electron chi connectivity index (χ3n) is 5.29. The highest BCUT2D eigenvalue weighted by atomic mass is 32.2. The van der Waals surface area contributed by atoms with Crippen molar-refractivity contribution < 1.29 is 19.4 Å². The van der Waals surface area contributed by atoms with E-state index in [2.05, 4.69) is 16.6 Å². The number of nitrogens with zero attached hydrogens (tertiary/aromatic N) is 1. The zero-order chi connectivity index (χ0) is 22.5. The quantitative estimate of drug-likeness (QED) is 0.245. The second-order valence-electron chi connectivity index (χ2n) is 7.71. The molecule has 0 bridgehead atoms. The maximum Gasteiger partial charge on any atom is 0.305 e. The molecule has 0 saturated carbocycles. The number of amides is 1. The molecule has 31 heavy (non-hydrogen) atoms. The SMILES string of the molecule is COC(=O)CCCSCCN1C(=O)CC[C@@H]1C=C[C@@H](O)[C@@H](C)CC#Cc1ccccc1. The highest BCUT2D eigenvalue weighted by Crippen LogP contribution is 2.21. The molecule has 1 aromatic rings. The molecule has 3 atom stereocenters. The Labute approximate surface area is 190 Å². The average molecular weight is 444 g/mol. The van der Waals surface area contributed by atoms with Gasteiger partial charge in [-0.15, -0.1) is 0 Å². The van der Waals surface area contributed by atoms with Crippen LogP contribution < -0.4 is 0 Å². The molecule has 1 amide bonds. The second kappa shape index (κ2) is 14.0. The Bertz CT molecular complexity index is 784. The Balaban J connectivity index is 1.74. The molecule has 0 aromatic heterocycles. The van der Waals surface area contributed by atoms with Gasteiger partial charge in [0.05, 0.1) is 19.3 Å². The second-order valence-corrected chi connectivity index (χ2v) is 8.93. The fraction of sp³-hybridized carbons (Fsp3) is 0.520. The van der Waals surface area contributed by atoms with Crippen molar-refractivity contribution >= 4 is 23.6 Å². The summed E-state index contributed by atoms with van der Waals surface area (Å²) in [7, 11) is 1.40. The first-order chi connectivity index (χ1) is 15.0. The highest BCUT2D eigenvalue weighted by molar-refractivity contribution is 7.99. The number of benzene rings is 1. The molecule has 1 aliphatic rings. The van der Waals surface area contributed by atoms with Gasteiger partial charge in [-0.3, -0.25) is 9.59 Å². The minimum Gasteiger partial charge on any atom is -0.469 e. The van der Waals surface area contributed by atoms with E-state index in [1.807, 2.05) is 54.3 Å². The molecule has 5 nitrogen and oxygen atoms in total. The number of aliphatic hydroxyl groups excluding tert-OH is 1. The highest BCUT2D eigenvalue weighted by Gasteiger charge is 2.28. The zero-order valence-electron chi connectivity index (χ0n) is 18.5. The topological polar surface area (TPSA) is 66.8 Å². The lowest BCUT2D eigenvalue weighted by molar-refractivity contribution is -0.140. The maximum atomic E-state index is 12.2. The number of esters is 1. The molecular weight excluding hydrogens is 410 g/mol. The van der Waals surface area contributed by atoms with Gasteiger partial charge in [0.15, 0.2) is 0 Å². The molecule has 1 saturated heterocycles. The largest absolute Gasteiger partial charge is 0.469 e. The van der Waals surface area contributed by atoms with Crippen molar-refractivity contribution in [2.75, 3.05) is 25.2 Å². The van der Waals surface area contributed by atoms with Crippen LogP contribution in [0.25, 0.3) is 0 Å². The van der Waals surface area contributed by atoms with Crippen LogP contribution in [-0.2, 0) is 14.3 Å². The van der Waals surface area contributed by atoms with Gasteiger partial charge in [0, 0.05) is 37.1 Å². The number of aliphatic hydroxyl groups is 1. The molecule has 1 N–H and O–H groups in total. The van der Waals surface area contributed by atoms with E-state index in [1.165, 1.54) is 7.11 Å². The lowest BCUT2D eigenvalue weighted by atomic mass is 9.99. The van der Waals surface area contributed by atoms with E-state index >= 15 is 0 Å². The summed E-state index contributed by atoms with van der Waals surface area (Å²) < 4.78 is 4.63. The third kappa shape index (κ3) is 9.20. The molecule has 1 fully saturated rings. The van der Waals surface area contributed by atoms with Crippen molar-refractivity contribution in [1.82, 2.24) is 4.90 Å². The Hall–Kier alpha value is -2.23. The van der Waals surface area contributed by atoms with Gasteiger partial charge in [0.25, 0.3) is 0 Å². The summed E-state index contributed by atoms with van der Waals surface area (Å²) in [6, 6.07) is 9.86. The Morgan fingerprint density at radius 1 is 1.35 bits per heavy atom. The van der Waals surface area contributed by atoms with E-state index in [-0.39, 0.29) is 23.8 Å². The van der Waals surface area contributed by atoms with E-state index in [9.17, 15) is 14.7 Å².